The zero-order chi connectivity index (χ0) is 23.1. The molecule has 2 aromatic heterocycles. The molecule has 0 aliphatic rings. The van der Waals surface area contributed by atoms with Gasteiger partial charge in [-0.25, -0.2) is 9.78 Å². The molecule has 175 valence electrons. The van der Waals surface area contributed by atoms with E-state index in [4.69, 9.17) is 27.9 Å². The largest absolute Gasteiger partial charge is 3.00 e. The second-order valence-corrected chi connectivity index (χ2v) is 7.60. The molecule has 12 heteroatoms. The smallest absolute Gasteiger partial charge is 0.523 e. The van der Waals surface area contributed by atoms with E-state index in [9.17, 15) is 14.7 Å². The van der Waals surface area contributed by atoms with Crippen molar-refractivity contribution in [2.45, 2.75) is 6.92 Å². The van der Waals surface area contributed by atoms with E-state index in [0.29, 0.717) is 29.1 Å². The number of H-pyrrole nitrogens is 1. The maximum absolute atomic E-state index is 12.4. The van der Waals surface area contributed by atoms with E-state index < -0.39 is 11.9 Å². The van der Waals surface area contributed by atoms with E-state index in [-0.39, 0.29) is 55.3 Å². The van der Waals surface area contributed by atoms with Crippen LogP contribution in [0.25, 0.3) is 10.2 Å². The molecule has 3 N–H and O–H groups in total. The number of aromatic amines is 1. The first kappa shape index (κ1) is 28.2. The van der Waals surface area contributed by atoms with Crippen molar-refractivity contribution in [3.63, 3.8) is 0 Å². The van der Waals surface area contributed by atoms with Crippen molar-refractivity contribution in [2.75, 3.05) is 25.1 Å². The molecule has 0 aliphatic heterocycles. The van der Waals surface area contributed by atoms with Crippen LogP contribution in [0, 0.1) is 27.7 Å². The van der Waals surface area contributed by atoms with Crippen LogP contribution in [0.1, 0.15) is 26.5 Å². The van der Waals surface area contributed by atoms with Gasteiger partial charge < -0.3 is 40.3 Å². The van der Waals surface area contributed by atoms with E-state index in [1.165, 1.54) is 12.1 Å². The number of aromatic nitrogens is 2. The van der Waals surface area contributed by atoms with E-state index in [1.807, 2.05) is 0 Å². The van der Waals surface area contributed by atoms with Crippen LogP contribution in [0.15, 0.2) is 12.1 Å². The first-order valence-corrected chi connectivity index (χ1v) is 10.4. The fraction of sp³-hybridized carbons (Fsp3) is 0.200. The number of rotatable bonds is 7. The number of nitrogens with one attached hydrogen (secondary N) is 2. The molecule has 1 amide bonds. The SMILES string of the molecule is [CH2-]COC[CH2-].[CH2-]COc1cc(C(=O)O)cc2sc(NC(=O)c3[nH]c(C)c(Cl)c3Cl)nc12.[Ni+3]. The molecule has 0 bridgehead atoms. The third-order valence-electron chi connectivity index (χ3n) is 3.75. The number of carboxylic acids is 1. The first-order valence-electron chi connectivity index (χ1n) is 8.84. The number of aryl methyl sites for hydroxylation is 1. The standard InChI is InChI=1S/C16H12Cl2N3O4S.C4H8O.Ni/c1-3-25-8-4-7(15(23)24)5-9-12(8)20-16(26-9)21-14(22)13-11(18)10(17)6(2)19-13;1-3-5-4-2;/h4-5,19H,1,3H2,2H3,(H,23,24)(H,20,21,22);1-4H2;/q-1;-2;+3. The molecule has 2 heterocycles. The van der Waals surface area contributed by atoms with Gasteiger partial charge in [0.1, 0.15) is 17.0 Å². The monoisotopic (exact) mass is 542 g/mol. The summed E-state index contributed by atoms with van der Waals surface area (Å²) >= 11 is 13.1. The summed E-state index contributed by atoms with van der Waals surface area (Å²) in [7, 11) is 0. The van der Waals surface area contributed by atoms with Gasteiger partial charge in [0.2, 0.25) is 0 Å². The Morgan fingerprint density at radius 3 is 2.31 bits per heavy atom. The Balaban J connectivity index is 0.000000770. The van der Waals surface area contributed by atoms with Crippen molar-refractivity contribution < 1.29 is 40.7 Å². The van der Waals surface area contributed by atoms with Gasteiger partial charge in [0.15, 0.2) is 5.13 Å². The number of hydrogen-bond donors (Lipinski definition) is 3. The van der Waals surface area contributed by atoms with Gasteiger partial charge in [-0.3, -0.25) is 10.1 Å². The molecule has 32 heavy (non-hydrogen) atoms. The summed E-state index contributed by atoms with van der Waals surface area (Å²) < 4.78 is 10.5. The number of carbonyl (C=O) groups excluding carboxylic acids is 1. The number of carbonyl (C=O) groups is 2. The van der Waals surface area contributed by atoms with Crippen molar-refractivity contribution in [2.24, 2.45) is 0 Å². The Kier molecular flexibility index (Phi) is 11.5. The summed E-state index contributed by atoms with van der Waals surface area (Å²) in [5, 5.41) is 12.5. The zero-order valence-corrected chi connectivity index (χ0v) is 20.2. The number of benzene rings is 1. The van der Waals surface area contributed by atoms with Crippen molar-refractivity contribution >= 4 is 61.8 Å². The number of amides is 1. The van der Waals surface area contributed by atoms with Gasteiger partial charge in [-0.1, -0.05) is 47.8 Å². The summed E-state index contributed by atoms with van der Waals surface area (Å²) in [5.74, 6) is -1.33. The Morgan fingerprint density at radius 1 is 1.19 bits per heavy atom. The molecule has 1 radical (unpaired) electrons. The Morgan fingerprint density at radius 2 is 1.84 bits per heavy atom. The van der Waals surface area contributed by atoms with E-state index in [1.54, 1.807) is 6.92 Å². The third kappa shape index (κ3) is 6.83. The number of hydrogen-bond acceptors (Lipinski definition) is 6. The first-order chi connectivity index (χ1) is 14.7. The number of thiazole rings is 1. The van der Waals surface area contributed by atoms with E-state index >= 15 is 0 Å². The van der Waals surface area contributed by atoms with Crippen LogP contribution in [0.2, 0.25) is 10.0 Å². The molecule has 0 fully saturated rings. The fourth-order valence-corrected chi connectivity index (χ4v) is 3.72. The van der Waals surface area contributed by atoms with Gasteiger partial charge in [0.25, 0.3) is 5.91 Å². The molecule has 0 saturated carbocycles. The molecule has 0 spiro atoms. The van der Waals surface area contributed by atoms with Crippen molar-refractivity contribution in [3.05, 3.63) is 59.9 Å². The number of aromatic carboxylic acids is 1. The van der Waals surface area contributed by atoms with Gasteiger partial charge in [-0.15, -0.1) is 0 Å². The van der Waals surface area contributed by atoms with Crippen LogP contribution in [0.5, 0.6) is 5.75 Å². The second-order valence-electron chi connectivity index (χ2n) is 5.81. The molecule has 1 aromatic carbocycles. The fourth-order valence-electron chi connectivity index (χ4n) is 2.39. The average molecular weight is 544 g/mol. The summed E-state index contributed by atoms with van der Waals surface area (Å²) in [6, 6.07) is 2.83. The quantitative estimate of drug-likeness (QED) is 0.283. The minimum absolute atomic E-state index is 0. The van der Waals surface area contributed by atoms with E-state index in [0.717, 1.165) is 11.3 Å². The number of anilines is 1. The number of ether oxygens (including phenoxy) is 2. The van der Waals surface area contributed by atoms with Gasteiger partial charge >= 0.3 is 22.5 Å². The number of halogens is 2. The maximum atomic E-state index is 12.4. The van der Waals surface area contributed by atoms with E-state index in [2.05, 4.69) is 40.8 Å². The Labute approximate surface area is 209 Å². The number of fused-ring (bicyclic) bond motifs is 1. The second kappa shape index (κ2) is 13.0. The van der Waals surface area contributed by atoms with Gasteiger partial charge in [-0.2, -0.15) is 0 Å². The van der Waals surface area contributed by atoms with Crippen molar-refractivity contribution in [1.82, 2.24) is 9.97 Å². The molecule has 3 rings (SSSR count). The summed E-state index contributed by atoms with van der Waals surface area (Å²) in [6.07, 6.45) is 0. The van der Waals surface area contributed by atoms with Gasteiger partial charge in [-0.05, 0) is 25.7 Å². The molecule has 3 aromatic rings. The van der Waals surface area contributed by atoms with Crippen LogP contribution in [-0.2, 0) is 21.2 Å². The number of carboxylic acid groups (broad SMARTS) is 1. The van der Waals surface area contributed by atoms with Crippen LogP contribution < -0.4 is 10.1 Å². The van der Waals surface area contributed by atoms with Crippen molar-refractivity contribution in [1.29, 1.82) is 0 Å². The predicted octanol–water partition coefficient (Wildman–Crippen LogP) is 5.07. The molecule has 0 saturated heterocycles. The minimum Gasteiger partial charge on any atom is -0.523 e. The van der Waals surface area contributed by atoms with Crippen LogP contribution in [0.3, 0.4) is 0 Å². The summed E-state index contributed by atoms with van der Waals surface area (Å²) in [5.41, 5.74) is 1.18. The Hall–Kier alpha value is -1.84. The van der Waals surface area contributed by atoms with Crippen LogP contribution >= 0.6 is 34.5 Å². The molecule has 8 nitrogen and oxygen atoms in total. The zero-order valence-electron chi connectivity index (χ0n) is 16.9. The molecule has 0 unspecified atom stereocenters. The third-order valence-corrected chi connectivity index (χ3v) is 5.62. The summed E-state index contributed by atoms with van der Waals surface area (Å²) in [4.78, 5) is 30.8. The van der Waals surface area contributed by atoms with Gasteiger partial charge in [0, 0.05) is 5.69 Å². The van der Waals surface area contributed by atoms with Crippen molar-refractivity contribution in [3.8, 4) is 5.75 Å². The molecule has 0 aliphatic carbocycles. The van der Waals surface area contributed by atoms with Crippen LogP contribution in [0.4, 0.5) is 5.13 Å². The molecular formula is C20H20Cl2N3NiO5S. The molecule has 0 atom stereocenters. The van der Waals surface area contributed by atoms with Gasteiger partial charge in [0.05, 0.1) is 20.3 Å². The molecular weight excluding hydrogens is 524 g/mol. The Bertz CT molecular complexity index is 1090. The number of nitrogens with zero attached hydrogens (tertiary/aromatic N) is 1. The maximum Gasteiger partial charge on any atom is 3.00 e. The normalized spacial score (nSPS) is 10.2. The average Bonchev–Trinajstić information content (AvgIpc) is 3.25. The topological polar surface area (TPSA) is 114 Å². The predicted molar refractivity (Wildman–Crippen MR) is 122 cm³/mol. The summed E-state index contributed by atoms with van der Waals surface area (Å²) in [6.45, 7) is 13.3. The minimum atomic E-state index is -1.09. The van der Waals surface area contributed by atoms with Crippen LogP contribution in [-0.4, -0.2) is 46.8 Å².